The second-order valence-corrected chi connectivity index (χ2v) is 7.41. The molecule has 0 fully saturated rings. The quantitative estimate of drug-likeness (QED) is 0.522. The molecule has 0 spiro atoms. The third-order valence-corrected chi connectivity index (χ3v) is 5.08. The van der Waals surface area contributed by atoms with Crippen LogP contribution in [0.4, 0.5) is 0 Å². The van der Waals surface area contributed by atoms with E-state index in [1.165, 1.54) is 0 Å². The molecule has 0 atom stereocenters. The molecule has 1 heterocycles. The van der Waals surface area contributed by atoms with Gasteiger partial charge < -0.3 is 4.74 Å². The monoisotopic (exact) mass is 411 g/mol. The number of ether oxygens (including phenoxy) is 1. The highest BCUT2D eigenvalue weighted by molar-refractivity contribution is 6.55. The van der Waals surface area contributed by atoms with Gasteiger partial charge in [-0.1, -0.05) is 54.4 Å². The van der Waals surface area contributed by atoms with Crippen molar-refractivity contribution in [3.63, 3.8) is 0 Å². The first kappa shape index (κ1) is 20.8. The van der Waals surface area contributed by atoms with Crippen LogP contribution >= 0.6 is 11.6 Å². The predicted molar refractivity (Wildman–Crippen MR) is 111 cm³/mol. The van der Waals surface area contributed by atoms with Crippen molar-refractivity contribution in [2.75, 3.05) is 6.61 Å². The summed E-state index contributed by atoms with van der Waals surface area (Å²) in [5.74, 6) is -1.33. The summed E-state index contributed by atoms with van der Waals surface area (Å²) in [6.07, 6.45) is 0.750. The van der Waals surface area contributed by atoms with Crippen molar-refractivity contribution in [3.05, 3.63) is 75.3 Å². The average Bonchev–Trinajstić information content (AvgIpc) is 2.90. The summed E-state index contributed by atoms with van der Waals surface area (Å²) in [6, 6.07) is 12.3. The van der Waals surface area contributed by atoms with E-state index in [1.54, 1.807) is 24.3 Å². The number of amides is 2. The molecule has 2 aromatic rings. The Labute approximate surface area is 174 Å². The normalized spacial score (nSPS) is 14.0. The fraction of sp³-hybridized carbons (Fsp3) is 0.261. The number of esters is 1. The van der Waals surface area contributed by atoms with E-state index in [0.717, 1.165) is 22.4 Å². The van der Waals surface area contributed by atoms with E-state index in [9.17, 15) is 14.4 Å². The van der Waals surface area contributed by atoms with Crippen molar-refractivity contribution >= 4 is 35.0 Å². The molecule has 0 bridgehead atoms. The highest BCUT2D eigenvalue weighted by atomic mass is 35.5. The molecular weight excluding hydrogens is 390 g/mol. The molecule has 2 amide bonds. The smallest absolute Gasteiger partial charge is 0.338 e. The molecule has 1 aliphatic heterocycles. The van der Waals surface area contributed by atoms with Crippen molar-refractivity contribution in [3.8, 4) is 0 Å². The highest BCUT2D eigenvalue weighted by Gasteiger charge is 2.38. The van der Waals surface area contributed by atoms with Crippen molar-refractivity contribution in [2.45, 2.75) is 33.7 Å². The molecule has 3 rings (SSSR count). The Bertz CT molecular complexity index is 1010. The Morgan fingerprint density at radius 1 is 1.03 bits per heavy atom. The number of imide groups is 1. The largest absolute Gasteiger partial charge is 0.462 e. The molecule has 2 aromatic carbocycles. The van der Waals surface area contributed by atoms with E-state index in [2.05, 4.69) is 0 Å². The van der Waals surface area contributed by atoms with E-state index in [1.807, 2.05) is 39.0 Å². The Kier molecular flexibility index (Phi) is 6.18. The third-order valence-electron chi connectivity index (χ3n) is 4.73. The van der Waals surface area contributed by atoms with Gasteiger partial charge in [-0.05, 0) is 49.1 Å². The molecule has 5 nitrogen and oxygen atoms in total. The van der Waals surface area contributed by atoms with Crippen LogP contribution in [0.25, 0.3) is 5.57 Å². The minimum atomic E-state index is -0.516. The predicted octanol–water partition coefficient (Wildman–Crippen LogP) is 4.39. The number of halogens is 1. The SMILES string of the molecule is CCCOC(=O)c1ccc(CN2C(=O)C(Cl)=C(c3ccc(C)cc3C)C2=O)cc1. The van der Waals surface area contributed by atoms with Crippen LogP contribution in [0.3, 0.4) is 0 Å². The maximum Gasteiger partial charge on any atom is 0.338 e. The lowest BCUT2D eigenvalue weighted by atomic mass is 9.99. The minimum absolute atomic E-state index is 0.0679. The minimum Gasteiger partial charge on any atom is -0.462 e. The summed E-state index contributed by atoms with van der Waals surface area (Å²) in [5.41, 5.74) is 3.98. The number of nitrogens with zero attached hydrogens (tertiary/aromatic N) is 1. The van der Waals surface area contributed by atoms with Crippen molar-refractivity contribution < 1.29 is 19.1 Å². The van der Waals surface area contributed by atoms with Crippen LogP contribution in [0.1, 0.15) is 46.0 Å². The first-order chi connectivity index (χ1) is 13.8. The number of carbonyl (C=O) groups is 3. The summed E-state index contributed by atoms with van der Waals surface area (Å²) in [6.45, 7) is 6.21. The fourth-order valence-electron chi connectivity index (χ4n) is 3.22. The molecule has 0 aliphatic carbocycles. The van der Waals surface area contributed by atoms with E-state index >= 15 is 0 Å². The zero-order valence-corrected chi connectivity index (χ0v) is 17.4. The number of rotatable bonds is 6. The maximum atomic E-state index is 13.0. The number of hydrogen-bond donors (Lipinski definition) is 0. The lowest BCUT2D eigenvalue weighted by Crippen LogP contribution is -2.30. The number of hydrogen-bond acceptors (Lipinski definition) is 4. The van der Waals surface area contributed by atoms with Gasteiger partial charge in [0.2, 0.25) is 0 Å². The molecule has 150 valence electrons. The van der Waals surface area contributed by atoms with E-state index < -0.39 is 17.8 Å². The van der Waals surface area contributed by atoms with Gasteiger partial charge in [-0.3, -0.25) is 14.5 Å². The van der Waals surface area contributed by atoms with E-state index in [0.29, 0.717) is 23.3 Å². The lowest BCUT2D eigenvalue weighted by molar-refractivity contribution is -0.137. The summed E-state index contributed by atoms with van der Waals surface area (Å²) in [5, 5.41) is -0.0679. The molecule has 1 aliphatic rings. The van der Waals surface area contributed by atoms with Crippen LogP contribution in [0.15, 0.2) is 47.5 Å². The third kappa shape index (κ3) is 4.25. The van der Waals surface area contributed by atoms with E-state index in [-0.39, 0.29) is 17.2 Å². The Hall–Kier alpha value is -2.92. The Morgan fingerprint density at radius 2 is 1.72 bits per heavy atom. The molecule has 6 heteroatoms. The van der Waals surface area contributed by atoms with Crippen LogP contribution in [-0.2, 0) is 20.9 Å². The van der Waals surface area contributed by atoms with Gasteiger partial charge in [-0.15, -0.1) is 0 Å². The van der Waals surface area contributed by atoms with Crippen LogP contribution in [-0.4, -0.2) is 29.3 Å². The van der Waals surface area contributed by atoms with Crippen LogP contribution in [0.2, 0.25) is 0 Å². The van der Waals surface area contributed by atoms with Gasteiger partial charge >= 0.3 is 5.97 Å². The molecule has 0 aromatic heterocycles. The number of benzene rings is 2. The number of carbonyl (C=O) groups excluding carboxylic acids is 3. The fourth-order valence-corrected chi connectivity index (χ4v) is 3.51. The Morgan fingerprint density at radius 3 is 2.34 bits per heavy atom. The lowest BCUT2D eigenvalue weighted by Gasteiger charge is -2.15. The van der Waals surface area contributed by atoms with Gasteiger partial charge in [0.15, 0.2) is 0 Å². The second-order valence-electron chi connectivity index (χ2n) is 7.04. The van der Waals surface area contributed by atoms with Gasteiger partial charge in [0.1, 0.15) is 5.03 Å². The maximum absolute atomic E-state index is 13.0. The summed E-state index contributed by atoms with van der Waals surface area (Å²) >= 11 is 6.25. The van der Waals surface area contributed by atoms with Gasteiger partial charge in [0.25, 0.3) is 11.8 Å². The van der Waals surface area contributed by atoms with Gasteiger partial charge in [0, 0.05) is 0 Å². The summed E-state index contributed by atoms with van der Waals surface area (Å²) < 4.78 is 5.10. The van der Waals surface area contributed by atoms with Crippen molar-refractivity contribution in [1.82, 2.24) is 4.90 Å². The zero-order valence-electron chi connectivity index (χ0n) is 16.6. The average molecular weight is 412 g/mol. The van der Waals surface area contributed by atoms with Crippen LogP contribution in [0.5, 0.6) is 0 Å². The highest BCUT2D eigenvalue weighted by Crippen LogP contribution is 2.34. The topological polar surface area (TPSA) is 63.7 Å². The zero-order chi connectivity index (χ0) is 21.1. The first-order valence-electron chi connectivity index (χ1n) is 9.43. The Balaban J connectivity index is 1.79. The van der Waals surface area contributed by atoms with E-state index in [4.69, 9.17) is 16.3 Å². The second kappa shape index (κ2) is 8.62. The van der Waals surface area contributed by atoms with Crippen molar-refractivity contribution in [2.24, 2.45) is 0 Å². The standard InChI is InChI=1S/C23H22ClNO4/c1-4-11-29-23(28)17-8-6-16(7-9-17)13-25-21(26)19(20(24)22(25)27)18-10-5-14(2)12-15(18)3/h5-10,12H,4,11,13H2,1-3H3. The van der Waals surface area contributed by atoms with Crippen LogP contribution in [0, 0.1) is 13.8 Å². The molecular formula is C23H22ClNO4. The number of aryl methyl sites for hydroxylation is 2. The molecule has 0 N–H and O–H groups in total. The first-order valence-corrected chi connectivity index (χ1v) is 9.81. The summed E-state index contributed by atoms with van der Waals surface area (Å²) in [4.78, 5) is 38.6. The van der Waals surface area contributed by atoms with Gasteiger partial charge in [-0.2, -0.15) is 0 Å². The van der Waals surface area contributed by atoms with Gasteiger partial charge in [0.05, 0.1) is 24.3 Å². The summed E-state index contributed by atoms with van der Waals surface area (Å²) in [7, 11) is 0. The molecule has 0 radical (unpaired) electrons. The molecule has 0 unspecified atom stereocenters. The van der Waals surface area contributed by atoms with Gasteiger partial charge in [-0.25, -0.2) is 4.79 Å². The van der Waals surface area contributed by atoms with Crippen LogP contribution < -0.4 is 0 Å². The molecule has 0 saturated heterocycles. The van der Waals surface area contributed by atoms with Crippen molar-refractivity contribution in [1.29, 1.82) is 0 Å². The molecule has 29 heavy (non-hydrogen) atoms. The molecule has 0 saturated carbocycles.